The van der Waals surface area contributed by atoms with Crippen molar-refractivity contribution < 1.29 is 17.8 Å². The van der Waals surface area contributed by atoms with Gasteiger partial charge in [0.2, 0.25) is 5.91 Å². The first-order chi connectivity index (χ1) is 9.40. The zero-order valence-corrected chi connectivity index (χ0v) is 12.7. The monoisotopic (exact) mass is 303 g/mol. The van der Waals surface area contributed by atoms with Gasteiger partial charge in [0, 0.05) is 23.9 Å². The van der Waals surface area contributed by atoms with Gasteiger partial charge in [0.1, 0.15) is 5.75 Å². The van der Waals surface area contributed by atoms with E-state index in [-0.39, 0.29) is 11.7 Å². The first-order valence-electron chi connectivity index (χ1n) is 6.50. The summed E-state index contributed by atoms with van der Waals surface area (Å²) in [6, 6.07) is 3.42. The quantitative estimate of drug-likeness (QED) is 0.810. The summed E-state index contributed by atoms with van der Waals surface area (Å²) in [4.78, 5) is 13.5. The molecule has 3 nitrogen and oxygen atoms in total. The van der Waals surface area contributed by atoms with Crippen LogP contribution in [0.1, 0.15) is 31.6 Å². The molecule has 6 heteroatoms. The molecule has 0 heterocycles. The largest absolute Gasteiger partial charge is 0.342 e. The van der Waals surface area contributed by atoms with Gasteiger partial charge >= 0.3 is 0 Å². The van der Waals surface area contributed by atoms with E-state index in [1.165, 1.54) is 6.07 Å². The van der Waals surface area contributed by atoms with Crippen LogP contribution in [0.4, 0.5) is 8.78 Å². The summed E-state index contributed by atoms with van der Waals surface area (Å²) >= 11 is 0. The number of halogens is 2. The van der Waals surface area contributed by atoms with Crippen LogP contribution in [0.25, 0.3) is 0 Å². The number of benzene rings is 1. The molecule has 0 saturated carbocycles. The summed E-state index contributed by atoms with van der Waals surface area (Å²) in [5.41, 5.74) is 0.426. The Bertz CT molecular complexity index is 504. The minimum atomic E-state index is -1.46. The van der Waals surface area contributed by atoms with E-state index in [1.807, 2.05) is 13.8 Å². The van der Waals surface area contributed by atoms with Gasteiger partial charge in [0.05, 0.1) is 5.25 Å². The fraction of sp³-hybridized carbons (Fsp3) is 0.500. The third-order valence-corrected chi connectivity index (χ3v) is 4.78. The second kappa shape index (κ2) is 7.47. The molecule has 1 rings (SSSR count). The molecule has 20 heavy (non-hydrogen) atoms. The Morgan fingerprint density at radius 3 is 2.35 bits per heavy atom. The molecule has 0 bridgehead atoms. The van der Waals surface area contributed by atoms with Crippen molar-refractivity contribution in [1.29, 1.82) is 0 Å². The Kier molecular flexibility index (Phi) is 6.26. The average Bonchev–Trinajstić information content (AvgIpc) is 2.42. The first-order valence-corrected chi connectivity index (χ1v) is 7.88. The number of hydrogen-bond donors (Lipinski definition) is 0. The van der Waals surface area contributed by atoms with Crippen molar-refractivity contribution in [3.05, 3.63) is 35.4 Å². The van der Waals surface area contributed by atoms with Crippen LogP contribution < -0.4 is 0 Å². The summed E-state index contributed by atoms with van der Waals surface area (Å²) in [7, 11) is -1.46. The van der Waals surface area contributed by atoms with E-state index < -0.39 is 27.7 Å². The average molecular weight is 303 g/mol. The van der Waals surface area contributed by atoms with Gasteiger partial charge in [-0.3, -0.25) is 9.00 Å². The van der Waals surface area contributed by atoms with Gasteiger partial charge in [0.25, 0.3) is 0 Å². The third kappa shape index (κ3) is 4.10. The molecule has 0 aromatic heterocycles. The fourth-order valence-corrected chi connectivity index (χ4v) is 2.96. The minimum Gasteiger partial charge on any atom is -0.342 e. The topological polar surface area (TPSA) is 37.4 Å². The van der Waals surface area contributed by atoms with Gasteiger partial charge in [-0.1, -0.05) is 6.07 Å². The molecule has 1 aromatic rings. The van der Waals surface area contributed by atoms with E-state index >= 15 is 0 Å². The van der Waals surface area contributed by atoms with Crippen molar-refractivity contribution in [2.45, 2.75) is 26.0 Å². The van der Waals surface area contributed by atoms with Crippen molar-refractivity contribution in [1.82, 2.24) is 4.90 Å². The number of carbonyl (C=O) groups is 1. The van der Waals surface area contributed by atoms with Gasteiger partial charge in [-0.05, 0) is 38.5 Å². The number of hydrogen-bond acceptors (Lipinski definition) is 2. The van der Waals surface area contributed by atoms with Crippen LogP contribution in [0, 0.1) is 11.6 Å². The summed E-state index contributed by atoms with van der Waals surface area (Å²) in [5.74, 6) is -2.21. The minimum absolute atomic E-state index is 0.109. The summed E-state index contributed by atoms with van der Waals surface area (Å²) in [6.07, 6.45) is 0. The van der Waals surface area contributed by atoms with E-state index in [4.69, 9.17) is 0 Å². The highest BCUT2D eigenvalue weighted by molar-refractivity contribution is 7.86. The first kappa shape index (κ1) is 16.8. The van der Waals surface area contributed by atoms with Crippen LogP contribution in [-0.2, 0) is 15.6 Å². The van der Waals surface area contributed by atoms with Gasteiger partial charge < -0.3 is 4.90 Å². The molecular weight excluding hydrogens is 284 g/mol. The number of nitrogens with zero attached hydrogens (tertiary/aromatic N) is 1. The number of rotatable bonds is 6. The van der Waals surface area contributed by atoms with Crippen LogP contribution in [-0.4, -0.2) is 33.9 Å². The lowest BCUT2D eigenvalue weighted by molar-refractivity contribution is -0.128. The van der Waals surface area contributed by atoms with Gasteiger partial charge in [-0.2, -0.15) is 0 Å². The zero-order valence-electron chi connectivity index (χ0n) is 11.9. The van der Waals surface area contributed by atoms with Crippen LogP contribution in [0.3, 0.4) is 0 Å². The van der Waals surface area contributed by atoms with Crippen LogP contribution in [0.2, 0.25) is 0 Å². The molecular formula is C14H19F2NO2S. The van der Waals surface area contributed by atoms with E-state index in [2.05, 4.69) is 0 Å². The predicted octanol–water partition coefficient (Wildman–Crippen LogP) is 2.64. The lowest BCUT2D eigenvalue weighted by Crippen LogP contribution is -2.34. The maximum atomic E-state index is 13.2. The van der Waals surface area contributed by atoms with E-state index in [1.54, 1.807) is 11.8 Å². The van der Waals surface area contributed by atoms with Crippen LogP contribution >= 0.6 is 0 Å². The van der Waals surface area contributed by atoms with Gasteiger partial charge in [-0.15, -0.1) is 0 Å². The third-order valence-electron chi connectivity index (χ3n) is 3.19. The molecule has 0 spiro atoms. The highest BCUT2D eigenvalue weighted by Crippen LogP contribution is 2.21. The van der Waals surface area contributed by atoms with Crippen molar-refractivity contribution in [3.8, 4) is 0 Å². The highest BCUT2D eigenvalue weighted by Gasteiger charge is 2.20. The SMILES string of the molecule is CCN(CC)C(=O)C[S@](=O)[C@@H](C)c1ccc(F)c(F)c1. The fourth-order valence-electron chi connectivity index (χ4n) is 1.83. The zero-order chi connectivity index (χ0) is 15.3. The van der Waals surface area contributed by atoms with Crippen molar-refractivity contribution in [2.75, 3.05) is 18.8 Å². The summed E-state index contributed by atoms with van der Waals surface area (Å²) < 4.78 is 38.1. The van der Waals surface area contributed by atoms with Gasteiger partial charge in [-0.25, -0.2) is 8.78 Å². The van der Waals surface area contributed by atoms with E-state index in [0.717, 1.165) is 12.1 Å². The second-order valence-electron chi connectivity index (χ2n) is 4.41. The number of carbonyl (C=O) groups excluding carboxylic acids is 1. The molecule has 0 aliphatic carbocycles. The molecule has 0 fully saturated rings. The smallest absolute Gasteiger partial charge is 0.235 e. The molecule has 1 amide bonds. The Balaban J connectivity index is 2.76. The Hall–Kier alpha value is -1.30. The Labute approximate surface area is 120 Å². The maximum Gasteiger partial charge on any atom is 0.235 e. The summed E-state index contributed by atoms with van der Waals surface area (Å²) in [6.45, 7) is 6.46. The Morgan fingerprint density at radius 2 is 1.85 bits per heavy atom. The van der Waals surface area contributed by atoms with Crippen LogP contribution in [0.15, 0.2) is 18.2 Å². The molecule has 0 radical (unpaired) electrons. The molecule has 0 N–H and O–H groups in total. The summed E-state index contributed by atoms with van der Waals surface area (Å²) in [5, 5.41) is -0.524. The standard InChI is InChI=1S/C14H19F2NO2S/c1-4-17(5-2)14(18)9-20(19)10(3)11-6-7-12(15)13(16)8-11/h6-8,10H,4-5,9H2,1-3H3/t10-,20-/m0/s1. The molecule has 1 aromatic carbocycles. The van der Waals surface area contributed by atoms with Gasteiger partial charge in [0.15, 0.2) is 11.6 Å². The lowest BCUT2D eigenvalue weighted by atomic mass is 10.1. The van der Waals surface area contributed by atoms with Crippen molar-refractivity contribution in [2.24, 2.45) is 0 Å². The second-order valence-corrected chi connectivity index (χ2v) is 6.16. The molecule has 0 saturated heterocycles. The molecule has 2 atom stereocenters. The highest BCUT2D eigenvalue weighted by atomic mass is 32.2. The van der Waals surface area contributed by atoms with Crippen LogP contribution in [0.5, 0.6) is 0 Å². The van der Waals surface area contributed by atoms with E-state index in [0.29, 0.717) is 18.7 Å². The molecule has 0 unspecified atom stereocenters. The predicted molar refractivity (Wildman–Crippen MR) is 75.7 cm³/mol. The van der Waals surface area contributed by atoms with Crippen molar-refractivity contribution >= 4 is 16.7 Å². The van der Waals surface area contributed by atoms with Crippen molar-refractivity contribution in [3.63, 3.8) is 0 Å². The molecule has 0 aliphatic rings. The maximum absolute atomic E-state index is 13.2. The van der Waals surface area contributed by atoms with E-state index in [9.17, 15) is 17.8 Å². The Morgan fingerprint density at radius 1 is 1.25 bits per heavy atom. The molecule has 112 valence electrons. The lowest BCUT2D eigenvalue weighted by Gasteiger charge is -2.19. The number of amides is 1. The normalized spacial score (nSPS) is 13.8. The molecule has 0 aliphatic heterocycles.